The number of nitrogens with one attached hydrogen (secondary N) is 1. The zero-order valence-electron chi connectivity index (χ0n) is 11.7. The van der Waals surface area contributed by atoms with Crippen LogP contribution in [0.3, 0.4) is 0 Å². The van der Waals surface area contributed by atoms with Crippen molar-refractivity contribution < 1.29 is 19.5 Å². The largest absolute Gasteiger partial charge is 0.480 e. The first kappa shape index (κ1) is 14.8. The van der Waals surface area contributed by atoms with Crippen LogP contribution in [0.2, 0.25) is 0 Å². The zero-order valence-corrected chi connectivity index (χ0v) is 11.7. The molecule has 1 saturated carbocycles. The maximum atomic E-state index is 11.9. The lowest BCUT2D eigenvalue weighted by molar-refractivity contribution is -0.162. The highest BCUT2D eigenvalue weighted by atomic mass is 16.4. The summed E-state index contributed by atoms with van der Waals surface area (Å²) in [6.45, 7) is 1.82. The molecule has 1 aliphatic carbocycles. The number of carbonyl (C=O) groups is 3. The van der Waals surface area contributed by atoms with Crippen molar-refractivity contribution in [2.45, 2.75) is 44.9 Å². The highest BCUT2D eigenvalue weighted by molar-refractivity contribution is 6.02. The van der Waals surface area contributed by atoms with E-state index in [1.54, 1.807) is 0 Å². The van der Waals surface area contributed by atoms with Crippen molar-refractivity contribution in [3.05, 3.63) is 0 Å². The van der Waals surface area contributed by atoms with Crippen molar-refractivity contribution in [2.24, 2.45) is 5.41 Å². The average Bonchev–Trinajstić information content (AvgIpc) is 2.37. The van der Waals surface area contributed by atoms with E-state index in [4.69, 9.17) is 5.11 Å². The number of amides is 2. The Morgan fingerprint density at radius 3 is 2.20 bits per heavy atom. The predicted molar refractivity (Wildman–Crippen MR) is 72.0 cm³/mol. The maximum absolute atomic E-state index is 11.9. The second-order valence-corrected chi connectivity index (χ2v) is 5.69. The summed E-state index contributed by atoms with van der Waals surface area (Å²) in [5.41, 5.74) is -1.24. The number of carboxylic acid groups (broad SMARTS) is 1. The molecule has 0 atom stereocenters. The zero-order chi connectivity index (χ0) is 14.6. The van der Waals surface area contributed by atoms with E-state index in [9.17, 15) is 14.4 Å². The van der Waals surface area contributed by atoms with Gasteiger partial charge in [0, 0.05) is 26.1 Å². The number of hydrogen-bond acceptors (Lipinski definition) is 3. The van der Waals surface area contributed by atoms with E-state index in [0.29, 0.717) is 12.8 Å². The van der Waals surface area contributed by atoms with Gasteiger partial charge in [0.15, 0.2) is 0 Å². The van der Waals surface area contributed by atoms with Crippen LogP contribution in [-0.4, -0.2) is 47.4 Å². The monoisotopic (exact) mass is 282 g/mol. The molecule has 2 fully saturated rings. The molecule has 2 amide bonds. The molecule has 1 aliphatic heterocycles. The lowest BCUT2D eigenvalue weighted by atomic mass is 9.68. The molecule has 6 nitrogen and oxygen atoms in total. The van der Waals surface area contributed by atoms with Crippen LogP contribution in [0.4, 0.5) is 0 Å². The Morgan fingerprint density at radius 1 is 1.05 bits per heavy atom. The van der Waals surface area contributed by atoms with Crippen LogP contribution in [0.1, 0.15) is 44.9 Å². The number of carboxylic acids is 1. The van der Waals surface area contributed by atoms with Crippen LogP contribution in [-0.2, 0) is 14.4 Å². The number of carbonyl (C=O) groups excluding carboxylic acids is 2. The molecule has 0 spiro atoms. The third-order valence-electron chi connectivity index (χ3n) is 4.38. The molecule has 0 aromatic carbocycles. The number of aliphatic carboxylic acids is 1. The Morgan fingerprint density at radius 2 is 1.70 bits per heavy atom. The number of rotatable bonds is 5. The van der Waals surface area contributed by atoms with Gasteiger partial charge in [-0.2, -0.15) is 0 Å². The van der Waals surface area contributed by atoms with Gasteiger partial charge < -0.3 is 15.3 Å². The van der Waals surface area contributed by atoms with E-state index >= 15 is 0 Å². The standard InChI is InChI=1S/C14H22N2O4/c17-11(16-9-2-1-3-10-16)5-8-15-12(18)14(13(19)20)6-4-7-14/h1-10H2,(H,15,18)(H,19,20). The molecule has 0 unspecified atom stereocenters. The molecule has 0 radical (unpaired) electrons. The topological polar surface area (TPSA) is 86.7 Å². The molecular weight excluding hydrogens is 260 g/mol. The number of nitrogens with zero attached hydrogens (tertiary/aromatic N) is 1. The summed E-state index contributed by atoms with van der Waals surface area (Å²) in [6.07, 6.45) is 5.07. The third-order valence-corrected chi connectivity index (χ3v) is 4.38. The van der Waals surface area contributed by atoms with Crippen LogP contribution < -0.4 is 5.32 Å². The van der Waals surface area contributed by atoms with Crippen molar-refractivity contribution in [3.63, 3.8) is 0 Å². The van der Waals surface area contributed by atoms with Crippen LogP contribution in [0.5, 0.6) is 0 Å². The van der Waals surface area contributed by atoms with E-state index in [2.05, 4.69) is 5.32 Å². The molecule has 6 heteroatoms. The highest BCUT2D eigenvalue weighted by Crippen LogP contribution is 2.41. The Labute approximate surface area is 118 Å². The molecule has 2 N–H and O–H groups in total. The summed E-state index contributed by atoms with van der Waals surface area (Å²) in [4.78, 5) is 36.8. The molecule has 0 aromatic heterocycles. The van der Waals surface area contributed by atoms with Crippen LogP contribution in [0.15, 0.2) is 0 Å². The predicted octanol–water partition coefficient (Wildman–Crippen LogP) is 0.760. The van der Waals surface area contributed by atoms with Gasteiger partial charge in [-0.05, 0) is 32.1 Å². The summed E-state index contributed by atoms with van der Waals surface area (Å²) in [5.74, 6) is -1.45. The molecule has 112 valence electrons. The molecule has 2 rings (SSSR count). The highest BCUT2D eigenvalue weighted by Gasteiger charge is 2.50. The van der Waals surface area contributed by atoms with E-state index < -0.39 is 17.3 Å². The second-order valence-electron chi connectivity index (χ2n) is 5.69. The lowest BCUT2D eigenvalue weighted by Crippen LogP contribution is -2.51. The number of likely N-dealkylation sites (tertiary alicyclic amines) is 1. The number of hydrogen-bond donors (Lipinski definition) is 2. The van der Waals surface area contributed by atoms with Crippen LogP contribution in [0.25, 0.3) is 0 Å². The molecule has 0 bridgehead atoms. The average molecular weight is 282 g/mol. The summed E-state index contributed by atoms with van der Waals surface area (Å²) in [6, 6.07) is 0. The van der Waals surface area contributed by atoms with Gasteiger partial charge in [0.2, 0.25) is 11.8 Å². The minimum Gasteiger partial charge on any atom is -0.480 e. The maximum Gasteiger partial charge on any atom is 0.319 e. The first-order chi connectivity index (χ1) is 9.56. The van der Waals surface area contributed by atoms with E-state index in [-0.39, 0.29) is 18.9 Å². The fourth-order valence-electron chi connectivity index (χ4n) is 2.82. The molecule has 2 aliphatic rings. The van der Waals surface area contributed by atoms with Gasteiger partial charge in [-0.1, -0.05) is 6.42 Å². The molecule has 0 aromatic rings. The smallest absolute Gasteiger partial charge is 0.319 e. The van der Waals surface area contributed by atoms with Gasteiger partial charge in [-0.25, -0.2) is 0 Å². The first-order valence-electron chi connectivity index (χ1n) is 7.36. The minimum absolute atomic E-state index is 0.0444. The van der Waals surface area contributed by atoms with Gasteiger partial charge in [-0.15, -0.1) is 0 Å². The Kier molecular flexibility index (Phi) is 4.62. The summed E-state index contributed by atoms with van der Waals surface area (Å²) in [5, 5.41) is 11.7. The fraction of sp³-hybridized carbons (Fsp3) is 0.786. The summed E-state index contributed by atoms with van der Waals surface area (Å²) in [7, 11) is 0. The quantitative estimate of drug-likeness (QED) is 0.729. The normalized spacial score (nSPS) is 20.9. The van der Waals surface area contributed by atoms with Gasteiger partial charge in [0.05, 0.1) is 0 Å². The van der Waals surface area contributed by atoms with Gasteiger partial charge in [-0.3, -0.25) is 14.4 Å². The Bertz CT molecular complexity index is 398. The SMILES string of the molecule is O=C(CCNC(=O)C1(C(=O)O)CCC1)N1CCCCC1. The van der Waals surface area contributed by atoms with Crippen LogP contribution in [0, 0.1) is 5.41 Å². The second kappa shape index (κ2) is 6.24. The van der Waals surface area contributed by atoms with Crippen molar-refractivity contribution in [1.29, 1.82) is 0 Å². The van der Waals surface area contributed by atoms with Gasteiger partial charge >= 0.3 is 5.97 Å². The van der Waals surface area contributed by atoms with E-state index in [1.165, 1.54) is 6.42 Å². The van der Waals surface area contributed by atoms with E-state index in [1.807, 2.05) is 4.90 Å². The summed E-state index contributed by atoms with van der Waals surface area (Å²) < 4.78 is 0. The first-order valence-corrected chi connectivity index (χ1v) is 7.36. The Balaban J connectivity index is 1.73. The Hall–Kier alpha value is -1.59. The van der Waals surface area contributed by atoms with E-state index in [0.717, 1.165) is 32.4 Å². The summed E-state index contributed by atoms with van der Waals surface area (Å²) >= 11 is 0. The molecular formula is C14H22N2O4. The van der Waals surface area contributed by atoms with Crippen molar-refractivity contribution in [1.82, 2.24) is 10.2 Å². The van der Waals surface area contributed by atoms with Crippen molar-refractivity contribution in [3.8, 4) is 0 Å². The van der Waals surface area contributed by atoms with Gasteiger partial charge in [0.25, 0.3) is 0 Å². The third kappa shape index (κ3) is 2.94. The molecule has 1 heterocycles. The molecule has 1 saturated heterocycles. The van der Waals surface area contributed by atoms with Crippen molar-refractivity contribution >= 4 is 17.8 Å². The number of piperidine rings is 1. The molecule has 20 heavy (non-hydrogen) atoms. The fourth-order valence-corrected chi connectivity index (χ4v) is 2.82. The minimum atomic E-state index is -1.24. The van der Waals surface area contributed by atoms with Crippen molar-refractivity contribution in [2.75, 3.05) is 19.6 Å². The van der Waals surface area contributed by atoms with Gasteiger partial charge in [0.1, 0.15) is 5.41 Å². The van der Waals surface area contributed by atoms with Crippen LogP contribution >= 0.6 is 0 Å². The lowest BCUT2D eigenvalue weighted by Gasteiger charge is -2.35.